The monoisotopic (exact) mass is 299 g/mol. The van der Waals surface area contributed by atoms with Gasteiger partial charge in [0.05, 0.1) is 16.8 Å². The first-order valence-electron chi connectivity index (χ1n) is 6.95. The molecule has 2 N–H and O–H groups in total. The number of pyridine rings is 1. The molecule has 0 saturated heterocycles. The van der Waals surface area contributed by atoms with Gasteiger partial charge in [-0.2, -0.15) is 0 Å². The zero-order valence-electron chi connectivity index (χ0n) is 11.7. The number of carbonyl (C=O) groups is 2. The Hall–Kier alpha value is -2.76. The lowest BCUT2D eigenvalue weighted by atomic mass is 10.1. The largest absolute Gasteiger partial charge is 0.349 e. The molecule has 0 spiro atoms. The van der Waals surface area contributed by atoms with Gasteiger partial charge in [-0.05, 0) is 31.0 Å². The maximum absolute atomic E-state index is 13.5. The molecule has 0 aliphatic heterocycles. The summed E-state index contributed by atoms with van der Waals surface area (Å²) in [5.41, 5.74) is 0.597. The van der Waals surface area contributed by atoms with Crippen LogP contribution in [0.25, 0.3) is 0 Å². The molecule has 112 valence electrons. The van der Waals surface area contributed by atoms with Crippen LogP contribution in [-0.4, -0.2) is 22.8 Å². The fourth-order valence-corrected chi connectivity index (χ4v) is 1.94. The van der Waals surface area contributed by atoms with Crippen molar-refractivity contribution in [3.05, 3.63) is 59.7 Å². The van der Waals surface area contributed by atoms with Gasteiger partial charge >= 0.3 is 0 Å². The molecule has 1 heterocycles. The van der Waals surface area contributed by atoms with E-state index in [1.54, 1.807) is 6.07 Å². The van der Waals surface area contributed by atoms with Gasteiger partial charge in [0.1, 0.15) is 5.82 Å². The van der Waals surface area contributed by atoms with E-state index < -0.39 is 11.7 Å². The highest BCUT2D eigenvalue weighted by molar-refractivity contribution is 6.05. The third-order valence-electron chi connectivity index (χ3n) is 3.30. The Morgan fingerprint density at radius 3 is 2.45 bits per heavy atom. The molecule has 1 aliphatic carbocycles. The lowest BCUT2D eigenvalue weighted by molar-refractivity contribution is 0.0950. The van der Waals surface area contributed by atoms with Crippen LogP contribution in [0.2, 0.25) is 0 Å². The van der Waals surface area contributed by atoms with Crippen molar-refractivity contribution < 1.29 is 14.0 Å². The summed E-state index contributed by atoms with van der Waals surface area (Å²) in [7, 11) is 0. The van der Waals surface area contributed by atoms with Crippen LogP contribution in [-0.2, 0) is 0 Å². The number of benzene rings is 1. The van der Waals surface area contributed by atoms with Crippen molar-refractivity contribution in [2.24, 2.45) is 0 Å². The molecule has 1 aliphatic rings. The van der Waals surface area contributed by atoms with Crippen LogP contribution in [0.15, 0.2) is 42.7 Å². The normalized spacial score (nSPS) is 13.5. The van der Waals surface area contributed by atoms with Crippen LogP contribution in [0.4, 0.5) is 10.1 Å². The van der Waals surface area contributed by atoms with E-state index in [0.29, 0.717) is 5.56 Å². The first-order valence-corrected chi connectivity index (χ1v) is 6.95. The van der Waals surface area contributed by atoms with E-state index in [4.69, 9.17) is 0 Å². The van der Waals surface area contributed by atoms with Crippen LogP contribution < -0.4 is 10.6 Å². The zero-order chi connectivity index (χ0) is 15.5. The highest BCUT2D eigenvalue weighted by Crippen LogP contribution is 2.19. The Balaban J connectivity index is 1.75. The molecule has 1 fully saturated rings. The van der Waals surface area contributed by atoms with E-state index in [1.165, 1.54) is 36.7 Å². The van der Waals surface area contributed by atoms with Crippen molar-refractivity contribution in [3.63, 3.8) is 0 Å². The smallest absolute Gasteiger partial charge is 0.257 e. The predicted octanol–water partition coefficient (Wildman–Crippen LogP) is 2.37. The third kappa shape index (κ3) is 3.28. The third-order valence-corrected chi connectivity index (χ3v) is 3.30. The summed E-state index contributed by atoms with van der Waals surface area (Å²) in [5.74, 6) is -1.29. The number of hydrogen-bond donors (Lipinski definition) is 2. The fraction of sp³-hybridized carbons (Fsp3) is 0.188. The van der Waals surface area contributed by atoms with Gasteiger partial charge in [-0.1, -0.05) is 12.1 Å². The van der Waals surface area contributed by atoms with Gasteiger partial charge in [0, 0.05) is 18.4 Å². The first kappa shape index (κ1) is 14.2. The van der Waals surface area contributed by atoms with Gasteiger partial charge in [0.15, 0.2) is 0 Å². The van der Waals surface area contributed by atoms with Gasteiger partial charge < -0.3 is 10.6 Å². The van der Waals surface area contributed by atoms with Crippen molar-refractivity contribution in [2.45, 2.75) is 18.9 Å². The minimum Gasteiger partial charge on any atom is -0.349 e. The van der Waals surface area contributed by atoms with Crippen molar-refractivity contribution in [3.8, 4) is 0 Å². The van der Waals surface area contributed by atoms with Crippen LogP contribution in [0, 0.1) is 5.82 Å². The number of amides is 2. The van der Waals surface area contributed by atoms with E-state index in [-0.39, 0.29) is 23.2 Å². The minimum absolute atomic E-state index is 0.0836. The second-order valence-electron chi connectivity index (χ2n) is 5.14. The molecule has 0 radical (unpaired) electrons. The standard InChI is InChI=1S/C16H14FN3O2/c17-13-3-1-2-4-14(13)20-16(22)11-7-10(8-18-9-11)15(21)19-12-5-6-12/h1-4,7-9,12H,5-6H2,(H,19,21)(H,20,22). The van der Waals surface area contributed by atoms with Crippen LogP contribution in [0.1, 0.15) is 33.6 Å². The number of para-hydroxylation sites is 1. The van der Waals surface area contributed by atoms with Crippen molar-refractivity contribution in [1.82, 2.24) is 10.3 Å². The maximum atomic E-state index is 13.5. The summed E-state index contributed by atoms with van der Waals surface area (Å²) in [6.07, 6.45) is 4.70. The predicted molar refractivity (Wildman–Crippen MR) is 79.1 cm³/mol. The molecule has 6 heteroatoms. The van der Waals surface area contributed by atoms with Gasteiger partial charge in [-0.25, -0.2) is 4.39 Å². The van der Waals surface area contributed by atoms with Crippen LogP contribution in [0.5, 0.6) is 0 Å². The van der Waals surface area contributed by atoms with E-state index >= 15 is 0 Å². The number of rotatable bonds is 4. The van der Waals surface area contributed by atoms with Crippen molar-refractivity contribution in [1.29, 1.82) is 0 Å². The SMILES string of the molecule is O=C(Nc1ccccc1F)c1cncc(C(=O)NC2CC2)c1. The topological polar surface area (TPSA) is 71.1 Å². The summed E-state index contributed by atoms with van der Waals surface area (Å²) in [6, 6.07) is 7.55. The molecule has 2 amide bonds. The molecule has 0 atom stereocenters. The van der Waals surface area contributed by atoms with Gasteiger partial charge in [0.25, 0.3) is 11.8 Å². The molecular formula is C16H14FN3O2. The van der Waals surface area contributed by atoms with E-state index in [1.807, 2.05) is 0 Å². The molecule has 5 nitrogen and oxygen atoms in total. The average Bonchev–Trinajstić information content (AvgIpc) is 3.33. The fourth-order valence-electron chi connectivity index (χ4n) is 1.94. The number of halogens is 1. The quantitative estimate of drug-likeness (QED) is 0.910. The lowest BCUT2D eigenvalue weighted by Gasteiger charge is -2.07. The molecule has 1 aromatic carbocycles. The van der Waals surface area contributed by atoms with Crippen LogP contribution in [0.3, 0.4) is 0 Å². The lowest BCUT2D eigenvalue weighted by Crippen LogP contribution is -2.26. The van der Waals surface area contributed by atoms with Crippen molar-refractivity contribution in [2.75, 3.05) is 5.32 Å². The Labute approximate surface area is 126 Å². The number of hydrogen-bond acceptors (Lipinski definition) is 3. The Morgan fingerprint density at radius 1 is 1.09 bits per heavy atom. The summed E-state index contributed by atoms with van der Waals surface area (Å²) in [6.45, 7) is 0. The number of nitrogens with one attached hydrogen (secondary N) is 2. The number of aromatic nitrogens is 1. The van der Waals surface area contributed by atoms with Gasteiger partial charge in [-0.3, -0.25) is 14.6 Å². The molecule has 0 unspecified atom stereocenters. The zero-order valence-corrected chi connectivity index (χ0v) is 11.7. The Bertz CT molecular complexity index is 729. The maximum Gasteiger partial charge on any atom is 0.257 e. The Morgan fingerprint density at radius 2 is 1.77 bits per heavy atom. The highest BCUT2D eigenvalue weighted by Gasteiger charge is 2.24. The molecule has 0 bridgehead atoms. The Kier molecular flexibility index (Phi) is 3.82. The van der Waals surface area contributed by atoms with Crippen molar-refractivity contribution >= 4 is 17.5 Å². The molecule has 2 aromatic rings. The average molecular weight is 299 g/mol. The summed E-state index contributed by atoms with van der Waals surface area (Å²) in [5, 5.41) is 5.28. The van der Waals surface area contributed by atoms with E-state index in [0.717, 1.165) is 12.8 Å². The van der Waals surface area contributed by atoms with Gasteiger partial charge in [-0.15, -0.1) is 0 Å². The van der Waals surface area contributed by atoms with E-state index in [2.05, 4.69) is 15.6 Å². The second kappa shape index (κ2) is 5.93. The number of carbonyl (C=O) groups excluding carboxylic acids is 2. The second-order valence-corrected chi connectivity index (χ2v) is 5.14. The molecule has 22 heavy (non-hydrogen) atoms. The number of anilines is 1. The summed E-state index contributed by atoms with van der Waals surface area (Å²) < 4.78 is 13.5. The van der Waals surface area contributed by atoms with E-state index in [9.17, 15) is 14.0 Å². The molecule has 1 saturated carbocycles. The van der Waals surface area contributed by atoms with Gasteiger partial charge in [0.2, 0.25) is 0 Å². The first-order chi connectivity index (χ1) is 10.6. The highest BCUT2D eigenvalue weighted by atomic mass is 19.1. The summed E-state index contributed by atoms with van der Waals surface area (Å²) >= 11 is 0. The minimum atomic E-state index is -0.522. The molecular weight excluding hydrogens is 285 g/mol. The molecule has 3 rings (SSSR count). The summed E-state index contributed by atoms with van der Waals surface area (Å²) in [4.78, 5) is 28.0. The van der Waals surface area contributed by atoms with Crippen LogP contribution >= 0.6 is 0 Å². The molecule has 1 aromatic heterocycles. The number of nitrogens with zero attached hydrogens (tertiary/aromatic N) is 1.